The van der Waals surface area contributed by atoms with Gasteiger partial charge in [-0.15, -0.1) is 0 Å². The molecule has 2 bridgehead atoms. The zero-order valence-corrected chi connectivity index (χ0v) is 15.0. The lowest BCUT2D eigenvalue weighted by Crippen LogP contribution is -2.50. The van der Waals surface area contributed by atoms with Gasteiger partial charge in [0.2, 0.25) is 0 Å². The van der Waals surface area contributed by atoms with Gasteiger partial charge >= 0.3 is 0 Å². The lowest BCUT2D eigenvalue weighted by atomic mass is 9.69. The molecule has 0 saturated heterocycles. The van der Waals surface area contributed by atoms with Crippen molar-refractivity contribution in [3.8, 4) is 5.75 Å². The standard InChI is InChI=1S/C20H29NO2/c1-13-7-6-8-16(11-13)23-14(2)18(22)21-17-12-15-9-10-20(17,5)19(15,3)4/h6-8,11,14-15,17H,9-10,12H2,1-5H3,(H,21,22)/t14-,15-,17+,20+/m0/s1. The number of nitrogens with one attached hydrogen (secondary N) is 1. The van der Waals surface area contributed by atoms with E-state index in [-0.39, 0.29) is 17.4 Å². The summed E-state index contributed by atoms with van der Waals surface area (Å²) in [7, 11) is 0. The second kappa shape index (κ2) is 5.54. The molecule has 0 unspecified atom stereocenters. The number of benzene rings is 1. The Balaban J connectivity index is 1.64. The highest BCUT2D eigenvalue weighted by atomic mass is 16.5. The van der Waals surface area contributed by atoms with Gasteiger partial charge in [0.25, 0.3) is 5.91 Å². The first-order valence-electron chi connectivity index (χ1n) is 8.78. The smallest absolute Gasteiger partial charge is 0.261 e. The number of hydrogen-bond acceptors (Lipinski definition) is 2. The topological polar surface area (TPSA) is 38.3 Å². The first kappa shape index (κ1) is 16.4. The Morgan fingerprint density at radius 2 is 2.09 bits per heavy atom. The molecule has 1 aromatic rings. The Labute approximate surface area is 139 Å². The normalized spacial score (nSPS) is 32.6. The largest absolute Gasteiger partial charge is 0.481 e. The zero-order valence-electron chi connectivity index (χ0n) is 15.0. The fraction of sp³-hybridized carbons (Fsp3) is 0.650. The molecule has 2 fully saturated rings. The number of ether oxygens (including phenoxy) is 1. The second-order valence-corrected chi connectivity index (χ2v) is 8.25. The highest BCUT2D eigenvalue weighted by molar-refractivity contribution is 5.81. The van der Waals surface area contributed by atoms with Crippen LogP contribution >= 0.6 is 0 Å². The molecule has 1 aromatic carbocycles. The molecule has 1 amide bonds. The molecule has 2 aliphatic carbocycles. The van der Waals surface area contributed by atoms with E-state index in [0.717, 1.165) is 23.7 Å². The lowest BCUT2D eigenvalue weighted by Gasteiger charge is -2.39. The van der Waals surface area contributed by atoms with E-state index in [0.29, 0.717) is 5.41 Å². The van der Waals surface area contributed by atoms with Crippen LogP contribution in [0.5, 0.6) is 5.75 Å². The number of hydrogen-bond donors (Lipinski definition) is 1. The summed E-state index contributed by atoms with van der Waals surface area (Å²) in [6.45, 7) is 10.9. The van der Waals surface area contributed by atoms with Crippen LogP contribution in [-0.4, -0.2) is 18.1 Å². The summed E-state index contributed by atoms with van der Waals surface area (Å²) in [4.78, 5) is 12.6. The number of fused-ring (bicyclic) bond motifs is 2. The number of rotatable bonds is 4. The summed E-state index contributed by atoms with van der Waals surface area (Å²) in [5.74, 6) is 1.49. The number of carbonyl (C=O) groups excluding carboxylic acids is 1. The van der Waals surface area contributed by atoms with Crippen LogP contribution in [0.25, 0.3) is 0 Å². The predicted molar refractivity (Wildman–Crippen MR) is 92.4 cm³/mol. The molecule has 4 atom stereocenters. The molecule has 3 nitrogen and oxygen atoms in total. The summed E-state index contributed by atoms with van der Waals surface area (Å²) in [6, 6.07) is 8.11. The third-order valence-corrected chi connectivity index (χ3v) is 6.78. The molecule has 2 aliphatic rings. The zero-order chi connectivity index (χ0) is 16.8. The summed E-state index contributed by atoms with van der Waals surface area (Å²) < 4.78 is 5.82. The van der Waals surface area contributed by atoms with Crippen LogP contribution in [0.3, 0.4) is 0 Å². The summed E-state index contributed by atoms with van der Waals surface area (Å²) in [6.07, 6.45) is 3.14. The van der Waals surface area contributed by atoms with Crippen molar-refractivity contribution in [1.82, 2.24) is 5.32 Å². The average Bonchev–Trinajstić information content (AvgIpc) is 2.80. The van der Waals surface area contributed by atoms with E-state index < -0.39 is 6.10 Å². The van der Waals surface area contributed by atoms with Gasteiger partial charge in [0.15, 0.2) is 6.10 Å². The highest BCUT2D eigenvalue weighted by Gasteiger charge is 2.61. The SMILES string of the molecule is Cc1cccc(O[C@@H](C)C(=O)N[C@@H]2C[C@@H]3CC[C@@]2(C)C3(C)C)c1. The van der Waals surface area contributed by atoms with Gasteiger partial charge in [-0.05, 0) is 67.6 Å². The van der Waals surface area contributed by atoms with Crippen molar-refractivity contribution in [3.63, 3.8) is 0 Å². The Kier molecular flexibility index (Phi) is 3.94. The molecule has 0 heterocycles. The molecule has 3 rings (SSSR count). The van der Waals surface area contributed by atoms with Crippen LogP contribution in [-0.2, 0) is 4.79 Å². The maximum Gasteiger partial charge on any atom is 0.261 e. The lowest BCUT2D eigenvalue weighted by molar-refractivity contribution is -0.129. The fourth-order valence-corrected chi connectivity index (χ4v) is 4.66. The number of aryl methyl sites for hydroxylation is 1. The number of amides is 1. The molecule has 3 heteroatoms. The molecule has 1 N–H and O–H groups in total. The van der Waals surface area contributed by atoms with E-state index in [1.165, 1.54) is 12.8 Å². The van der Waals surface area contributed by atoms with Crippen LogP contribution in [0.4, 0.5) is 0 Å². The van der Waals surface area contributed by atoms with E-state index in [4.69, 9.17) is 4.74 Å². The molecule has 0 radical (unpaired) electrons. The average molecular weight is 315 g/mol. The third-order valence-electron chi connectivity index (χ3n) is 6.78. The van der Waals surface area contributed by atoms with Gasteiger partial charge in [-0.2, -0.15) is 0 Å². The monoisotopic (exact) mass is 315 g/mol. The quantitative estimate of drug-likeness (QED) is 0.908. The van der Waals surface area contributed by atoms with E-state index >= 15 is 0 Å². The van der Waals surface area contributed by atoms with Gasteiger partial charge in [0.1, 0.15) is 5.75 Å². The molecule has 0 aliphatic heterocycles. The van der Waals surface area contributed by atoms with Crippen LogP contribution in [0.15, 0.2) is 24.3 Å². The molecule has 2 saturated carbocycles. The Hall–Kier alpha value is -1.51. The van der Waals surface area contributed by atoms with Gasteiger partial charge in [0, 0.05) is 6.04 Å². The minimum absolute atomic E-state index is 0.00100. The van der Waals surface area contributed by atoms with Crippen molar-refractivity contribution in [2.75, 3.05) is 0 Å². The van der Waals surface area contributed by atoms with Crippen LogP contribution in [0.2, 0.25) is 0 Å². The van der Waals surface area contributed by atoms with Crippen LogP contribution < -0.4 is 10.1 Å². The minimum Gasteiger partial charge on any atom is -0.481 e. The number of carbonyl (C=O) groups is 1. The first-order chi connectivity index (χ1) is 10.7. The Bertz CT molecular complexity index is 609. The van der Waals surface area contributed by atoms with E-state index in [1.807, 2.05) is 38.1 Å². The minimum atomic E-state index is -0.470. The van der Waals surface area contributed by atoms with Crippen molar-refractivity contribution in [1.29, 1.82) is 0 Å². The summed E-state index contributed by atoms with van der Waals surface area (Å²) in [5, 5.41) is 3.28. The van der Waals surface area contributed by atoms with Crippen molar-refractivity contribution >= 4 is 5.91 Å². The fourth-order valence-electron chi connectivity index (χ4n) is 4.66. The van der Waals surface area contributed by atoms with E-state index in [9.17, 15) is 4.79 Å². The van der Waals surface area contributed by atoms with Gasteiger partial charge in [-0.3, -0.25) is 4.79 Å². The van der Waals surface area contributed by atoms with Crippen LogP contribution in [0, 0.1) is 23.7 Å². The van der Waals surface area contributed by atoms with Crippen molar-refractivity contribution in [2.24, 2.45) is 16.7 Å². The van der Waals surface area contributed by atoms with E-state index in [2.05, 4.69) is 26.1 Å². The molecular formula is C20H29NO2. The molecule has 0 aromatic heterocycles. The summed E-state index contributed by atoms with van der Waals surface area (Å²) >= 11 is 0. The first-order valence-corrected chi connectivity index (χ1v) is 8.78. The predicted octanol–water partition coefficient (Wildman–Crippen LogP) is 4.09. The van der Waals surface area contributed by atoms with Gasteiger partial charge in [-0.25, -0.2) is 0 Å². The molecule has 0 spiro atoms. The molecular weight excluding hydrogens is 286 g/mol. The molecule has 126 valence electrons. The van der Waals surface area contributed by atoms with Crippen molar-refractivity contribution in [3.05, 3.63) is 29.8 Å². The van der Waals surface area contributed by atoms with Crippen molar-refractivity contribution in [2.45, 2.75) is 66.0 Å². The highest BCUT2D eigenvalue weighted by Crippen LogP contribution is 2.65. The van der Waals surface area contributed by atoms with Gasteiger partial charge in [-0.1, -0.05) is 32.9 Å². The Morgan fingerprint density at radius 1 is 1.35 bits per heavy atom. The maximum absolute atomic E-state index is 12.6. The molecule has 23 heavy (non-hydrogen) atoms. The van der Waals surface area contributed by atoms with Gasteiger partial charge < -0.3 is 10.1 Å². The second-order valence-electron chi connectivity index (χ2n) is 8.25. The third kappa shape index (κ3) is 2.64. The van der Waals surface area contributed by atoms with E-state index in [1.54, 1.807) is 0 Å². The van der Waals surface area contributed by atoms with Crippen molar-refractivity contribution < 1.29 is 9.53 Å². The maximum atomic E-state index is 12.6. The van der Waals surface area contributed by atoms with Crippen LogP contribution in [0.1, 0.15) is 52.5 Å². The van der Waals surface area contributed by atoms with Gasteiger partial charge in [0.05, 0.1) is 0 Å². The Morgan fingerprint density at radius 3 is 2.65 bits per heavy atom. The summed E-state index contributed by atoms with van der Waals surface area (Å²) in [5.41, 5.74) is 1.65.